The summed E-state index contributed by atoms with van der Waals surface area (Å²) in [4.78, 5) is 20.5. The van der Waals surface area contributed by atoms with Gasteiger partial charge in [-0.25, -0.2) is 4.98 Å². The van der Waals surface area contributed by atoms with Crippen LogP contribution in [0, 0.1) is 0 Å². The van der Waals surface area contributed by atoms with E-state index in [0.717, 1.165) is 5.56 Å². The molecule has 0 saturated carbocycles. The van der Waals surface area contributed by atoms with Crippen LogP contribution in [0.4, 0.5) is 0 Å². The third-order valence-corrected chi connectivity index (χ3v) is 3.34. The van der Waals surface area contributed by atoms with Crippen LogP contribution >= 0.6 is 0 Å². The molecule has 0 atom stereocenters. The van der Waals surface area contributed by atoms with E-state index in [1.165, 1.54) is 13.2 Å². The summed E-state index contributed by atoms with van der Waals surface area (Å²) < 4.78 is 5.10. The second-order valence-electron chi connectivity index (χ2n) is 4.88. The topological polar surface area (TPSA) is 113 Å². The number of carbonyl (C=O) groups is 1. The van der Waals surface area contributed by atoms with Gasteiger partial charge in [-0.1, -0.05) is 6.07 Å². The van der Waals surface area contributed by atoms with Crippen LogP contribution in [-0.2, 0) is 6.54 Å². The monoisotopic (exact) mass is 325 g/mol. The van der Waals surface area contributed by atoms with Crippen molar-refractivity contribution in [3.8, 4) is 22.9 Å². The van der Waals surface area contributed by atoms with Crippen LogP contribution in [0.25, 0.3) is 11.4 Å². The minimum absolute atomic E-state index is 0.0777. The van der Waals surface area contributed by atoms with Crippen LogP contribution in [0.5, 0.6) is 11.5 Å². The van der Waals surface area contributed by atoms with Crippen molar-refractivity contribution in [2.75, 3.05) is 7.11 Å². The number of aromatic hydroxyl groups is 1. The Morgan fingerprint density at radius 2 is 2.08 bits per heavy atom. The van der Waals surface area contributed by atoms with Crippen molar-refractivity contribution in [1.29, 1.82) is 0 Å². The Kier molecular flexibility index (Phi) is 4.37. The second-order valence-corrected chi connectivity index (χ2v) is 4.88. The van der Waals surface area contributed by atoms with Gasteiger partial charge in [0.25, 0.3) is 5.91 Å². The molecule has 0 aliphatic heterocycles. The normalized spacial score (nSPS) is 10.4. The van der Waals surface area contributed by atoms with Gasteiger partial charge in [-0.2, -0.15) is 5.10 Å². The van der Waals surface area contributed by atoms with Crippen molar-refractivity contribution < 1.29 is 14.6 Å². The fourth-order valence-corrected chi connectivity index (χ4v) is 2.17. The molecule has 0 aliphatic rings. The van der Waals surface area contributed by atoms with Crippen LogP contribution in [0.3, 0.4) is 0 Å². The number of H-pyrrole nitrogens is 1. The van der Waals surface area contributed by atoms with E-state index in [4.69, 9.17) is 4.74 Å². The number of nitrogens with zero attached hydrogens (tertiary/aromatic N) is 3. The van der Waals surface area contributed by atoms with Gasteiger partial charge in [-0.15, -0.1) is 0 Å². The number of benzene rings is 1. The van der Waals surface area contributed by atoms with Crippen molar-refractivity contribution in [3.63, 3.8) is 0 Å². The zero-order valence-corrected chi connectivity index (χ0v) is 12.9. The van der Waals surface area contributed by atoms with Crippen LogP contribution < -0.4 is 10.1 Å². The Morgan fingerprint density at radius 3 is 2.83 bits per heavy atom. The fraction of sp³-hybridized carbons (Fsp3) is 0.125. The van der Waals surface area contributed by atoms with Gasteiger partial charge in [-0.3, -0.25) is 14.9 Å². The molecule has 3 aromatic rings. The van der Waals surface area contributed by atoms with Crippen LogP contribution in [0.15, 0.2) is 42.7 Å². The number of ether oxygens (including phenoxy) is 1. The van der Waals surface area contributed by atoms with Gasteiger partial charge >= 0.3 is 0 Å². The summed E-state index contributed by atoms with van der Waals surface area (Å²) in [7, 11) is 1.43. The van der Waals surface area contributed by atoms with Crippen molar-refractivity contribution >= 4 is 5.91 Å². The zero-order valence-electron chi connectivity index (χ0n) is 12.9. The average molecular weight is 325 g/mol. The molecule has 1 amide bonds. The molecule has 0 bridgehead atoms. The third-order valence-electron chi connectivity index (χ3n) is 3.34. The first-order valence-electron chi connectivity index (χ1n) is 7.15. The number of hydrogen-bond acceptors (Lipinski definition) is 6. The molecule has 2 heterocycles. The van der Waals surface area contributed by atoms with Gasteiger partial charge in [-0.05, 0) is 24.3 Å². The summed E-state index contributed by atoms with van der Waals surface area (Å²) in [6.07, 6.45) is 3.30. The number of methoxy groups -OCH3 is 1. The van der Waals surface area contributed by atoms with E-state index < -0.39 is 5.91 Å². The standard InChI is InChI=1S/C16H15N5O3/c1-24-12-4-2-3-11(22)14(12)16(23)18-9-13-19-15(21-20-13)10-5-7-17-8-6-10/h2-8,22H,9H2,1H3,(H,18,23)(H,19,20,21). The maximum absolute atomic E-state index is 12.3. The Hall–Kier alpha value is -3.42. The maximum atomic E-state index is 12.3. The molecule has 3 N–H and O–H groups in total. The minimum atomic E-state index is -0.466. The molecule has 0 saturated heterocycles. The minimum Gasteiger partial charge on any atom is -0.507 e. The summed E-state index contributed by atoms with van der Waals surface area (Å²) in [6, 6.07) is 8.21. The molecule has 2 aromatic heterocycles. The maximum Gasteiger partial charge on any atom is 0.259 e. The van der Waals surface area contributed by atoms with E-state index in [9.17, 15) is 9.90 Å². The number of hydrogen-bond donors (Lipinski definition) is 3. The highest BCUT2D eigenvalue weighted by Gasteiger charge is 2.17. The van der Waals surface area contributed by atoms with Crippen LogP contribution in [0.2, 0.25) is 0 Å². The molecule has 1 aromatic carbocycles. The summed E-state index contributed by atoms with van der Waals surface area (Å²) in [5, 5.41) is 19.4. The molecule has 0 aliphatic carbocycles. The molecular formula is C16H15N5O3. The number of aromatic amines is 1. The first-order chi connectivity index (χ1) is 11.7. The average Bonchev–Trinajstić information content (AvgIpc) is 3.09. The second kappa shape index (κ2) is 6.78. The summed E-state index contributed by atoms with van der Waals surface area (Å²) >= 11 is 0. The molecule has 122 valence electrons. The van der Waals surface area contributed by atoms with E-state index >= 15 is 0 Å². The summed E-state index contributed by atoms with van der Waals surface area (Å²) in [5.41, 5.74) is 0.898. The largest absolute Gasteiger partial charge is 0.507 e. The number of carbonyl (C=O) groups excluding carboxylic acids is 1. The molecule has 0 fully saturated rings. The smallest absolute Gasteiger partial charge is 0.259 e. The first-order valence-corrected chi connectivity index (χ1v) is 7.15. The highest BCUT2D eigenvalue weighted by molar-refractivity contribution is 5.99. The number of phenols is 1. The predicted molar refractivity (Wildman–Crippen MR) is 85.4 cm³/mol. The lowest BCUT2D eigenvalue weighted by atomic mass is 10.1. The fourth-order valence-electron chi connectivity index (χ4n) is 2.17. The number of rotatable bonds is 5. The van der Waals surface area contributed by atoms with E-state index in [2.05, 4.69) is 25.5 Å². The van der Waals surface area contributed by atoms with E-state index in [1.54, 1.807) is 36.7 Å². The summed E-state index contributed by atoms with van der Waals surface area (Å²) in [6.45, 7) is 0.133. The van der Waals surface area contributed by atoms with Gasteiger partial charge in [0.15, 0.2) is 5.82 Å². The van der Waals surface area contributed by atoms with Gasteiger partial charge in [0.05, 0.1) is 13.7 Å². The van der Waals surface area contributed by atoms with E-state index in [0.29, 0.717) is 17.4 Å². The lowest BCUT2D eigenvalue weighted by molar-refractivity contribution is 0.0944. The van der Waals surface area contributed by atoms with Crippen LogP contribution in [0.1, 0.15) is 16.2 Å². The van der Waals surface area contributed by atoms with Gasteiger partial charge < -0.3 is 15.2 Å². The Balaban J connectivity index is 1.71. The first kappa shape index (κ1) is 15.5. The van der Waals surface area contributed by atoms with Crippen molar-refractivity contribution in [1.82, 2.24) is 25.5 Å². The third kappa shape index (κ3) is 3.17. The molecule has 24 heavy (non-hydrogen) atoms. The number of phenolic OH excluding ortho intramolecular Hbond substituents is 1. The Bertz CT molecular complexity index is 848. The van der Waals surface area contributed by atoms with Crippen molar-refractivity contribution in [2.24, 2.45) is 0 Å². The van der Waals surface area contributed by atoms with E-state index in [1.807, 2.05) is 0 Å². The van der Waals surface area contributed by atoms with Gasteiger partial charge in [0.1, 0.15) is 22.9 Å². The highest BCUT2D eigenvalue weighted by Crippen LogP contribution is 2.26. The predicted octanol–water partition coefficient (Wildman–Crippen LogP) is 1.51. The lowest BCUT2D eigenvalue weighted by Gasteiger charge is -2.09. The number of aromatic nitrogens is 4. The van der Waals surface area contributed by atoms with Crippen molar-refractivity contribution in [2.45, 2.75) is 6.54 Å². The highest BCUT2D eigenvalue weighted by atomic mass is 16.5. The van der Waals surface area contributed by atoms with Gasteiger partial charge in [0.2, 0.25) is 0 Å². The molecule has 0 radical (unpaired) electrons. The molecule has 0 spiro atoms. The molecule has 8 nitrogen and oxygen atoms in total. The van der Waals surface area contributed by atoms with Gasteiger partial charge in [0, 0.05) is 18.0 Å². The molecular weight excluding hydrogens is 310 g/mol. The van der Waals surface area contributed by atoms with Crippen LogP contribution in [-0.4, -0.2) is 38.3 Å². The quantitative estimate of drug-likeness (QED) is 0.655. The molecule has 8 heteroatoms. The lowest BCUT2D eigenvalue weighted by Crippen LogP contribution is -2.24. The SMILES string of the molecule is COc1cccc(O)c1C(=O)NCc1nc(-c2ccncc2)n[nH]1. The van der Waals surface area contributed by atoms with Crippen molar-refractivity contribution in [3.05, 3.63) is 54.1 Å². The number of nitrogens with one attached hydrogen (secondary N) is 2. The Morgan fingerprint density at radius 1 is 1.29 bits per heavy atom. The van der Waals surface area contributed by atoms with E-state index in [-0.39, 0.29) is 17.9 Å². The molecule has 3 rings (SSSR count). The number of pyridine rings is 1. The zero-order chi connectivity index (χ0) is 16.9. The number of amides is 1. The molecule has 0 unspecified atom stereocenters. The summed E-state index contributed by atoms with van der Waals surface area (Å²) in [5.74, 6) is 0.683. The Labute approximate surface area is 137 Å².